The molecule has 3 rings (SSSR count). The molecule has 0 aliphatic heterocycles. The van der Waals surface area contributed by atoms with Crippen LogP contribution in [0, 0.1) is 0 Å². The minimum absolute atomic E-state index is 0.00217. The fraction of sp³-hybridized carbons (Fsp3) is 0.174. The SMILES string of the molecule is CC(=O)c1ccc(-c2ccc(C(=O)O[C@H](C)C(=O)N(C)c3ccccc3)o2)cc1. The van der Waals surface area contributed by atoms with Gasteiger partial charge in [-0.15, -0.1) is 0 Å². The van der Waals surface area contributed by atoms with Gasteiger partial charge in [0.05, 0.1) is 0 Å². The van der Waals surface area contributed by atoms with E-state index in [4.69, 9.17) is 9.15 Å². The van der Waals surface area contributed by atoms with Gasteiger partial charge in [0.15, 0.2) is 11.9 Å². The zero-order chi connectivity index (χ0) is 21.0. The number of esters is 1. The van der Waals surface area contributed by atoms with Gasteiger partial charge in [0.2, 0.25) is 5.76 Å². The molecule has 6 heteroatoms. The van der Waals surface area contributed by atoms with Crippen LogP contribution in [-0.2, 0) is 9.53 Å². The van der Waals surface area contributed by atoms with Gasteiger partial charge >= 0.3 is 5.97 Å². The zero-order valence-electron chi connectivity index (χ0n) is 16.4. The lowest BCUT2D eigenvalue weighted by atomic mass is 10.1. The van der Waals surface area contributed by atoms with Crippen LogP contribution < -0.4 is 4.90 Å². The lowest BCUT2D eigenvalue weighted by Crippen LogP contribution is -2.37. The van der Waals surface area contributed by atoms with E-state index in [2.05, 4.69) is 0 Å². The number of anilines is 1. The molecule has 148 valence electrons. The Hall–Kier alpha value is -3.67. The summed E-state index contributed by atoms with van der Waals surface area (Å²) in [4.78, 5) is 37.7. The predicted molar refractivity (Wildman–Crippen MR) is 109 cm³/mol. The molecule has 6 nitrogen and oxygen atoms in total. The van der Waals surface area contributed by atoms with Crippen LogP contribution in [0.4, 0.5) is 5.69 Å². The first-order chi connectivity index (χ1) is 13.9. The molecule has 0 radical (unpaired) electrons. The Kier molecular flexibility index (Phi) is 5.93. The smallest absolute Gasteiger partial charge is 0.375 e. The molecule has 0 spiro atoms. The van der Waals surface area contributed by atoms with Crippen LogP contribution >= 0.6 is 0 Å². The van der Waals surface area contributed by atoms with Crippen LogP contribution in [0.5, 0.6) is 0 Å². The molecule has 0 bridgehead atoms. The molecule has 1 aromatic heterocycles. The quantitative estimate of drug-likeness (QED) is 0.461. The Labute approximate surface area is 168 Å². The number of Topliss-reactive ketones (excluding diaryl/α,β-unsaturated/α-hetero) is 1. The van der Waals surface area contributed by atoms with Crippen LogP contribution in [0.1, 0.15) is 34.8 Å². The van der Waals surface area contributed by atoms with Crippen molar-refractivity contribution in [1.29, 1.82) is 0 Å². The summed E-state index contributed by atoms with van der Waals surface area (Å²) in [6, 6.07) is 19.1. The number of furan rings is 1. The predicted octanol–water partition coefficient (Wildman–Crippen LogP) is 4.36. The van der Waals surface area contributed by atoms with Gasteiger partial charge in [0, 0.05) is 23.9 Å². The first-order valence-electron chi connectivity index (χ1n) is 9.11. The van der Waals surface area contributed by atoms with Crippen molar-refractivity contribution >= 4 is 23.3 Å². The van der Waals surface area contributed by atoms with Gasteiger partial charge < -0.3 is 14.1 Å². The molecule has 3 aromatic rings. The third-order valence-electron chi connectivity index (χ3n) is 4.49. The summed E-state index contributed by atoms with van der Waals surface area (Å²) in [5.41, 5.74) is 2.02. The van der Waals surface area contributed by atoms with E-state index in [1.165, 1.54) is 24.8 Å². The molecular weight excluding hydrogens is 370 g/mol. The van der Waals surface area contributed by atoms with Crippen molar-refractivity contribution in [2.75, 3.05) is 11.9 Å². The average Bonchev–Trinajstić information content (AvgIpc) is 3.23. The van der Waals surface area contributed by atoms with E-state index in [-0.39, 0.29) is 17.5 Å². The summed E-state index contributed by atoms with van der Waals surface area (Å²) in [5, 5.41) is 0. The van der Waals surface area contributed by atoms with Crippen LogP contribution in [-0.4, -0.2) is 30.8 Å². The largest absolute Gasteiger partial charge is 0.449 e. The van der Waals surface area contributed by atoms with E-state index >= 15 is 0 Å². The first-order valence-corrected chi connectivity index (χ1v) is 9.11. The highest BCUT2D eigenvalue weighted by Crippen LogP contribution is 2.23. The van der Waals surface area contributed by atoms with Crippen LogP contribution in [0.2, 0.25) is 0 Å². The van der Waals surface area contributed by atoms with Gasteiger partial charge in [0.25, 0.3) is 5.91 Å². The van der Waals surface area contributed by atoms with E-state index in [0.717, 1.165) is 5.56 Å². The summed E-state index contributed by atoms with van der Waals surface area (Å²) < 4.78 is 10.8. The molecule has 2 aromatic carbocycles. The van der Waals surface area contributed by atoms with Gasteiger partial charge in [-0.1, -0.05) is 42.5 Å². The molecule has 1 amide bonds. The molecule has 0 saturated carbocycles. The fourth-order valence-corrected chi connectivity index (χ4v) is 2.79. The molecule has 1 atom stereocenters. The van der Waals surface area contributed by atoms with Gasteiger partial charge in [-0.3, -0.25) is 9.59 Å². The van der Waals surface area contributed by atoms with Crippen molar-refractivity contribution in [1.82, 2.24) is 0 Å². The maximum absolute atomic E-state index is 12.5. The maximum atomic E-state index is 12.5. The minimum atomic E-state index is -0.976. The highest BCUT2D eigenvalue weighted by Gasteiger charge is 2.24. The second-order valence-corrected chi connectivity index (χ2v) is 6.58. The molecule has 0 saturated heterocycles. The number of ether oxygens (including phenoxy) is 1. The van der Waals surface area contributed by atoms with E-state index in [0.29, 0.717) is 17.0 Å². The van der Waals surface area contributed by atoms with E-state index in [1.807, 2.05) is 18.2 Å². The summed E-state index contributed by atoms with van der Waals surface area (Å²) in [5.74, 6) is -0.639. The third-order valence-corrected chi connectivity index (χ3v) is 4.49. The number of rotatable bonds is 6. The second-order valence-electron chi connectivity index (χ2n) is 6.58. The fourth-order valence-electron chi connectivity index (χ4n) is 2.79. The lowest BCUT2D eigenvalue weighted by molar-refractivity contribution is -0.126. The number of benzene rings is 2. The number of carbonyl (C=O) groups excluding carboxylic acids is 3. The molecule has 0 aliphatic carbocycles. The van der Waals surface area contributed by atoms with Crippen molar-refractivity contribution in [2.24, 2.45) is 0 Å². The van der Waals surface area contributed by atoms with E-state index in [9.17, 15) is 14.4 Å². The van der Waals surface area contributed by atoms with E-state index < -0.39 is 12.1 Å². The van der Waals surface area contributed by atoms with Gasteiger partial charge in [-0.05, 0) is 38.1 Å². The van der Waals surface area contributed by atoms with Gasteiger partial charge in [-0.25, -0.2) is 4.79 Å². The Balaban J connectivity index is 1.66. The van der Waals surface area contributed by atoms with E-state index in [1.54, 1.807) is 49.5 Å². The van der Waals surface area contributed by atoms with Crippen molar-refractivity contribution in [3.63, 3.8) is 0 Å². The van der Waals surface area contributed by atoms with Crippen molar-refractivity contribution in [3.05, 3.63) is 78.1 Å². The zero-order valence-corrected chi connectivity index (χ0v) is 16.4. The number of carbonyl (C=O) groups is 3. The first kappa shape index (κ1) is 20.1. The summed E-state index contributed by atoms with van der Waals surface area (Å²) in [6.45, 7) is 3.01. The monoisotopic (exact) mass is 391 g/mol. The standard InChI is InChI=1S/C23H21NO5/c1-15(25)17-9-11-18(12-10-17)20-13-14-21(29-20)23(27)28-16(2)22(26)24(3)19-7-5-4-6-8-19/h4-14,16H,1-3H3/t16-/m1/s1. The minimum Gasteiger partial charge on any atom is -0.449 e. The number of amides is 1. The highest BCUT2D eigenvalue weighted by molar-refractivity contribution is 5.98. The number of hydrogen-bond donors (Lipinski definition) is 0. The molecule has 0 unspecified atom stereocenters. The number of para-hydroxylation sites is 1. The van der Waals surface area contributed by atoms with Crippen molar-refractivity contribution in [2.45, 2.75) is 20.0 Å². The van der Waals surface area contributed by atoms with Gasteiger partial charge in [-0.2, -0.15) is 0 Å². The Bertz CT molecular complexity index is 1020. The average molecular weight is 391 g/mol. The summed E-state index contributed by atoms with van der Waals surface area (Å²) in [6.07, 6.45) is -0.976. The van der Waals surface area contributed by atoms with Crippen LogP contribution in [0.25, 0.3) is 11.3 Å². The number of hydrogen-bond acceptors (Lipinski definition) is 5. The van der Waals surface area contributed by atoms with Crippen molar-refractivity contribution < 1.29 is 23.5 Å². The van der Waals surface area contributed by atoms with Crippen molar-refractivity contribution in [3.8, 4) is 11.3 Å². The molecule has 29 heavy (non-hydrogen) atoms. The molecule has 1 heterocycles. The number of nitrogens with zero attached hydrogens (tertiary/aromatic N) is 1. The Morgan fingerprint density at radius 2 is 1.59 bits per heavy atom. The number of ketones is 1. The molecule has 0 aliphatic rings. The highest BCUT2D eigenvalue weighted by atomic mass is 16.6. The molecular formula is C23H21NO5. The molecule has 0 fully saturated rings. The summed E-state index contributed by atoms with van der Waals surface area (Å²) >= 11 is 0. The van der Waals surface area contributed by atoms with Crippen LogP contribution in [0.3, 0.4) is 0 Å². The Morgan fingerprint density at radius 1 is 0.931 bits per heavy atom. The van der Waals surface area contributed by atoms with Gasteiger partial charge in [0.1, 0.15) is 5.76 Å². The maximum Gasteiger partial charge on any atom is 0.375 e. The summed E-state index contributed by atoms with van der Waals surface area (Å²) in [7, 11) is 1.62. The topological polar surface area (TPSA) is 76.8 Å². The molecule has 0 N–H and O–H groups in total. The second kappa shape index (κ2) is 8.56. The lowest BCUT2D eigenvalue weighted by Gasteiger charge is -2.21. The normalized spacial score (nSPS) is 11.6. The van der Waals surface area contributed by atoms with Crippen LogP contribution in [0.15, 0.2) is 71.1 Å². The third kappa shape index (κ3) is 4.60. The Morgan fingerprint density at radius 3 is 2.21 bits per heavy atom. The number of likely N-dealkylation sites (N-methyl/N-ethyl adjacent to an activating group) is 1.